The minimum Gasteiger partial charge on any atom is -0.493 e. The molecule has 0 N–H and O–H groups in total. The highest BCUT2D eigenvalue weighted by atomic mass is 79.9. The van der Waals surface area contributed by atoms with Crippen molar-refractivity contribution in [2.45, 2.75) is 6.92 Å². The van der Waals surface area contributed by atoms with Crippen LogP contribution in [0.5, 0.6) is 5.75 Å². The number of para-hydroxylation sites is 1. The van der Waals surface area contributed by atoms with Crippen LogP contribution in [0.3, 0.4) is 0 Å². The number of carbonyl (C=O) groups excluding carboxylic acids is 1. The van der Waals surface area contributed by atoms with E-state index in [-0.39, 0.29) is 5.91 Å². The van der Waals surface area contributed by atoms with E-state index in [9.17, 15) is 4.79 Å². The molecule has 0 saturated carbocycles. The number of hydrogen-bond donors (Lipinski definition) is 0. The third-order valence-electron chi connectivity index (χ3n) is 3.37. The van der Waals surface area contributed by atoms with Gasteiger partial charge in [0.05, 0.1) is 17.2 Å². The Kier molecular flexibility index (Phi) is 5.38. The lowest BCUT2D eigenvalue weighted by Crippen LogP contribution is -2.27. The molecule has 1 heterocycles. The second-order valence-corrected chi connectivity index (χ2v) is 7.56. The molecule has 1 amide bonds. The van der Waals surface area contributed by atoms with Crippen molar-refractivity contribution in [3.05, 3.63) is 63.5 Å². The Hall–Kier alpha value is -1.63. The van der Waals surface area contributed by atoms with Crippen LogP contribution in [0.15, 0.2) is 57.9 Å². The molecule has 2 aromatic rings. The van der Waals surface area contributed by atoms with Crippen LogP contribution in [0.2, 0.25) is 0 Å². The van der Waals surface area contributed by atoms with E-state index in [1.807, 2.05) is 61.5 Å². The first-order valence-corrected chi connectivity index (χ1v) is 9.37. The van der Waals surface area contributed by atoms with E-state index in [1.54, 1.807) is 4.90 Å². The molecular formula is C18H14BrNO2S2. The summed E-state index contributed by atoms with van der Waals surface area (Å²) >= 11 is 10.1. The lowest BCUT2D eigenvalue weighted by molar-refractivity contribution is -0.113. The van der Waals surface area contributed by atoms with Gasteiger partial charge in [0.1, 0.15) is 5.75 Å². The van der Waals surface area contributed by atoms with Crippen molar-refractivity contribution in [1.29, 1.82) is 0 Å². The summed E-state index contributed by atoms with van der Waals surface area (Å²) in [6.07, 6.45) is 1.84. The van der Waals surface area contributed by atoms with Gasteiger partial charge in [0.2, 0.25) is 0 Å². The number of halogens is 1. The van der Waals surface area contributed by atoms with Gasteiger partial charge in [-0.15, -0.1) is 0 Å². The smallest absolute Gasteiger partial charge is 0.270 e. The number of benzene rings is 2. The number of rotatable bonds is 4. The summed E-state index contributed by atoms with van der Waals surface area (Å²) in [7, 11) is 0. The molecule has 0 aliphatic carbocycles. The first-order valence-electron chi connectivity index (χ1n) is 7.35. The molecule has 122 valence electrons. The lowest BCUT2D eigenvalue weighted by atomic mass is 10.2. The van der Waals surface area contributed by atoms with Crippen molar-refractivity contribution in [2.24, 2.45) is 0 Å². The first-order chi connectivity index (χ1) is 11.6. The Morgan fingerprint density at radius 1 is 1.25 bits per heavy atom. The molecule has 2 aromatic carbocycles. The highest BCUT2D eigenvalue weighted by molar-refractivity contribution is 9.10. The lowest BCUT2D eigenvalue weighted by Gasteiger charge is -2.14. The second kappa shape index (κ2) is 7.51. The SMILES string of the molecule is CCOc1ccccc1/C=C1/SC(=S)N(c2cccc(Br)c2)C1=O. The molecular weight excluding hydrogens is 406 g/mol. The van der Waals surface area contributed by atoms with E-state index in [0.717, 1.165) is 21.5 Å². The normalized spacial score (nSPS) is 16.1. The van der Waals surface area contributed by atoms with Crippen LogP contribution in [0.1, 0.15) is 12.5 Å². The predicted octanol–water partition coefficient (Wildman–Crippen LogP) is 5.25. The molecule has 0 radical (unpaired) electrons. The second-order valence-electron chi connectivity index (χ2n) is 4.97. The predicted molar refractivity (Wildman–Crippen MR) is 107 cm³/mol. The van der Waals surface area contributed by atoms with Gasteiger partial charge in [0.25, 0.3) is 5.91 Å². The fourth-order valence-electron chi connectivity index (χ4n) is 2.33. The summed E-state index contributed by atoms with van der Waals surface area (Å²) in [6.45, 7) is 2.51. The molecule has 0 unspecified atom stereocenters. The summed E-state index contributed by atoms with van der Waals surface area (Å²) < 4.78 is 7.05. The summed E-state index contributed by atoms with van der Waals surface area (Å²) in [5.74, 6) is 0.641. The zero-order valence-corrected chi connectivity index (χ0v) is 16.1. The van der Waals surface area contributed by atoms with Crippen LogP contribution in [-0.4, -0.2) is 16.8 Å². The third-order valence-corrected chi connectivity index (χ3v) is 5.16. The van der Waals surface area contributed by atoms with Gasteiger partial charge in [0, 0.05) is 10.0 Å². The van der Waals surface area contributed by atoms with Crippen molar-refractivity contribution in [1.82, 2.24) is 0 Å². The van der Waals surface area contributed by atoms with Crippen molar-refractivity contribution >= 4 is 61.9 Å². The molecule has 1 saturated heterocycles. The summed E-state index contributed by atoms with van der Waals surface area (Å²) in [5.41, 5.74) is 1.63. The first kappa shape index (κ1) is 17.2. The summed E-state index contributed by atoms with van der Waals surface area (Å²) in [4.78, 5) is 14.9. The average Bonchev–Trinajstić information content (AvgIpc) is 2.83. The fraction of sp³-hybridized carbons (Fsp3) is 0.111. The fourth-order valence-corrected chi connectivity index (χ4v) is 4.01. The number of thiocarbonyl (C=S) groups is 1. The number of carbonyl (C=O) groups is 1. The van der Waals surface area contributed by atoms with Crippen LogP contribution < -0.4 is 9.64 Å². The molecule has 0 bridgehead atoms. The van der Waals surface area contributed by atoms with Crippen LogP contribution in [0, 0.1) is 0 Å². The molecule has 3 nitrogen and oxygen atoms in total. The zero-order chi connectivity index (χ0) is 17.1. The maximum absolute atomic E-state index is 12.8. The zero-order valence-electron chi connectivity index (χ0n) is 12.9. The molecule has 24 heavy (non-hydrogen) atoms. The number of thioether (sulfide) groups is 1. The number of nitrogens with zero attached hydrogens (tertiary/aromatic N) is 1. The molecule has 0 atom stereocenters. The van der Waals surface area contributed by atoms with Crippen molar-refractivity contribution in [2.75, 3.05) is 11.5 Å². The standard InChI is InChI=1S/C18H14BrNO2S2/c1-2-22-15-9-4-3-6-12(15)10-16-17(21)20(18(23)24-16)14-8-5-7-13(19)11-14/h3-11H,2H2,1H3/b16-10+. The van der Waals surface area contributed by atoms with E-state index < -0.39 is 0 Å². The molecule has 0 aromatic heterocycles. The van der Waals surface area contributed by atoms with Gasteiger partial charge in [-0.1, -0.05) is 64.2 Å². The Morgan fingerprint density at radius 2 is 2.04 bits per heavy atom. The van der Waals surface area contributed by atoms with Crippen LogP contribution in [0.4, 0.5) is 5.69 Å². The topological polar surface area (TPSA) is 29.5 Å². The number of hydrogen-bond acceptors (Lipinski definition) is 4. The molecule has 1 fully saturated rings. The van der Waals surface area contributed by atoms with Crippen LogP contribution >= 0.6 is 39.9 Å². The Morgan fingerprint density at radius 3 is 2.79 bits per heavy atom. The summed E-state index contributed by atoms with van der Waals surface area (Å²) in [6, 6.07) is 15.2. The minimum absolute atomic E-state index is 0.116. The maximum Gasteiger partial charge on any atom is 0.270 e. The quantitative estimate of drug-likeness (QED) is 0.499. The van der Waals surface area contributed by atoms with E-state index in [2.05, 4.69) is 15.9 Å². The largest absolute Gasteiger partial charge is 0.493 e. The Balaban J connectivity index is 1.94. The van der Waals surface area contributed by atoms with Gasteiger partial charge < -0.3 is 4.74 Å². The van der Waals surface area contributed by atoms with Gasteiger partial charge in [-0.3, -0.25) is 9.69 Å². The Bertz CT molecular complexity index is 835. The monoisotopic (exact) mass is 419 g/mol. The maximum atomic E-state index is 12.8. The van der Waals surface area contributed by atoms with Gasteiger partial charge in [-0.25, -0.2) is 0 Å². The summed E-state index contributed by atoms with van der Waals surface area (Å²) in [5, 5.41) is 0. The third kappa shape index (κ3) is 3.55. The van der Waals surface area contributed by atoms with Crippen LogP contribution in [-0.2, 0) is 4.79 Å². The van der Waals surface area contributed by atoms with Gasteiger partial charge in [-0.2, -0.15) is 0 Å². The number of anilines is 1. The van der Waals surface area contributed by atoms with Gasteiger partial charge in [-0.05, 0) is 37.3 Å². The molecule has 1 aliphatic rings. The van der Waals surface area contributed by atoms with Crippen molar-refractivity contribution in [3.63, 3.8) is 0 Å². The van der Waals surface area contributed by atoms with Crippen molar-refractivity contribution < 1.29 is 9.53 Å². The number of amides is 1. The van der Waals surface area contributed by atoms with E-state index >= 15 is 0 Å². The van der Waals surface area contributed by atoms with E-state index in [1.165, 1.54) is 11.8 Å². The van der Waals surface area contributed by atoms with Gasteiger partial charge in [0.15, 0.2) is 4.32 Å². The average molecular weight is 420 g/mol. The molecule has 6 heteroatoms. The van der Waals surface area contributed by atoms with Gasteiger partial charge >= 0.3 is 0 Å². The van der Waals surface area contributed by atoms with E-state index in [0.29, 0.717) is 15.8 Å². The van der Waals surface area contributed by atoms with Crippen molar-refractivity contribution in [3.8, 4) is 5.75 Å². The van der Waals surface area contributed by atoms with E-state index in [4.69, 9.17) is 17.0 Å². The Labute approximate surface area is 158 Å². The molecule has 3 rings (SSSR count). The molecule has 0 spiro atoms. The number of ether oxygens (including phenoxy) is 1. The highest BCUT2D eigenvalue weighted by Gasteiger charge is 2.33. The highest BCUT2D eigenvalue weighted by Crippen LogP contribution is 2.37. The minimum atomic E-state index is -0.116. The molecule has 1 aliphatic heterocycles. The van der Waals surface area contributed by atoms with Crippen LogP contribution in [0.25, 0.3) is 6.08 Å².